The molecule has 116 valence electrons. The van der Waals surface area contributed by atoms with Gasteiger partial charge in [0.1, 0.15) is 5.75 Å². The fourth-order valence-corrected chi connectivity index (χ4v) is 4.59. The largest absolute Gasteiger partial charge is 0.493 e. The molecule has 2 aliphatic heterocycles. The van der Waals surface area contributed by atoms with Crippen LogP contribution in [-0.2, 0) is 12.8 Å². The first-order valence-electron chi connectivity index (χ1n) is 8.13. The molecule has 1 atom stereocenters. The molecule has 1 unspecified atom stereocenters. The number of fused-ring (bicyclic) bond motifs is 1. The van der Waals surface area contributed by atoms with Gasteiger partial charge in [-0.2, -0.15) is 11.8 Å². The number of thioether (sulfide) groups is 1. The van der Waals surface area contributed by atoms with E-state index in [1.807, 2.05) is 0 Å². The summed E-state index contributed by atoms with van der Waals surface area (Å²) in [5.41, 5.74) is 5.83. The Bertz CT molecular complexity index is 460. The van der Waals surface area contributed by atoms with Gasteiger partial charge in [0.2, 0.25) is 0 Å². The topological polar surface area (TPSA) is 47.3 Å². The van der Waals surface area contributed by atoms with Crippen molar-refractivity contribution in [2.24, 2.45) is 11.8 Å². The number of nitrogens with two attached hydrogens (primary N) is 1. The van der Waals surface area contributed by atoms with Crippen molar-refractivity contribution in [2.45, 2.75) is 44.6 Å². The summed E-state index contributed by atoms with van der Waals surface area (Å²) < 4.78 is 5.57. The van der Waals surface area contributed by atoms with Gasteiger partial charge in [0, 0.05) is 12.5 Å². The van der Waals surface area contributed by atoms with Crippen LogP contribution in [0.25, 0.3) is 0 Å². The van der Waals surface area contributed by atoms with Gasteiger partial charge in [0.05, 0.1) is 6.61 Å². The summed E-state index contributed by atoms with van der Waals surface area (Å²) in [6.45, 7) is 0.839. The maximum atomic E-state index is 5.77. The predicted molar refractivity (Wildman–Crippen MR) is 89.7 cm³/mol. The summed E-state index contributed by atoms with van der Waals surface area (Å²) >= 11 is 2.09. The highest BCUT2D eigenvalue weighted by Gasteiger charge is 2.19. The summed E-state index contributed by atoms with van der Waals surface area (Å²) in [5, 5.41) is 0. The minimum atomic E-state index is 0.447. The van der Waals surface area contributed by atoms with Gasteiger partial charge < -0.3 is 4.74 Å². The third kappa shape index (κ3) is 4.15. The minimum Gasteiger partial charge on any atom is -0.493 e. The molecule has 0 amide bonds. The Morgan fingerprint density at radius 3 is 3.00 bits per heavy atom. The van der Waals surface area contributed by atoms with Gasteiger partial charge in [0.15, 0.2) is 0 Å². The fraction of sp³-hybridized carbons (Fsp3) is 0.647. The molecule has 3 N–H and O–H groups in total. The molecule has 1 fully saturated rings. The summed E-state index contributed by atoms with van der Waals surface area (Å²) in [7, 11) is 0. The Balaban J connectivity index is 1.50. The molecule has 0 spiro atoms. The smallest absolute Gasteiger partial charge is 0.122 e. The van der Waals surface area contributed by atoms with Crippen LogP contribution >= 0.6 is 11.8 Å². The molecule has 3 rings (SSSR count). The maximum Gasteiger partial charge on any atom is 0.122 e. The molecule has 1 aromatic rings. The number of nitrogens with one attached hydrogen (secondary N) is 1. The van der Waals surface area contributed by atoms with Gasteiger partial charge in [-0.1, -0.05) is 12.1 Å². The zero-order chi connectivity index (χ0) is 14.5. The molecule has 0 aliphatic carbocycles. The average Bonchev–Trinajstić information content (AvgIpc) is 3.00. The molecule has 0 bridgehead atoms. The van der Waals surface area contributed by atoms with Gasteiger partial charge >= 0.3 is 0 Å². The number of hydrazine groups is 1. The lowest BCUT2D eigenvalue weighted by Gasteiger charge is -2.26. The third-order valence-corrected chi connectivity index (χ3v) is 5.78. The quantitative estimate of drug-likeness (QED) is 0.627. The van der Waals surface area contributed by atoms with E-state index in [-0.39, 0.29) is 0 Å². The van der Waals surface area contributed by atoms with Crippen molar-refractivity contribution in [3.63, 3.8) is 0 Å². The van der Waals surface area contributed by atoms with E-state index in [4.69, 9.17) is 10.6 Å². The van der Waals surface area contributed by atoms with Crippen LogP contribution in [0.1, 0.15) is 36.8 Å². The Kier molecular flexibility index (Phi) is 5.44. The predicted octanol–water partition coefficient (Wildman–Crippen LogP) is 2.92. The normalized spacial score (nSPS) is 20.0. The van der Waals surface area contributed by atoms with Gasteiger partial charge in [-0.3, -0.25) is 11.3 Å². The highest BCUT2D eigenvalue weighted by Crippen LogP contribution is 2.28. The maximum absolute atomic E-state index is 5.77. The van der Waals surface area contributed by atoms with Crippen LogP contribution in [0.2, 0.25) is 0 Å². The monoisotopic (exact) mass is 306 g/mol. The standard InChI is InChI=1S/C17H26N2OS/c18-19-16(12-14-6-9-21-10-7-14)3-1-13-2-4-17-15(11-13)5-8-20-17/h2,4,11,14,16,19H,1,3,5-10,12,18H2. The first kappa shape index (κ1) is 15.2. The van der Waals surface area contributed by atoms with Crippen LogP contribution < -0.4 is 16.0 Å². The Hall–Kier alpha value is -0.710. The van der Waals surface area contributed by atoms with Gasteiger partial charge in [-0.25, -0.2) is 0 Å². The van der Waals surface area contributed by atoms with Crippen molar-refractivity contribution in [3.8, 4) is 5.75 Å². The summed E-state index contributed by atoms with van der Waals surface area (Å²) in [4.78, 5) is 0. The van der Waals surface area contributed by atoms with Crippen LogP contribution in [0.15, 0.2) is 18.2 Å². The molecule has 1 saturated heterocycles. The minimum absolute atomic E-state index is 0.447. The number of aryl methyl sites for hydroxylation is 1. The number of benzene rings is 1. The van der Waals surface area contributed by atoms with Crippen molar-refractivity contribution in [1.29, 1.82) is 0 Å². The molecule has 0 radical (unpaired) electrons. The highest BCUT2D eigenvalue weighted by atomic mass is 32.2. The van der Waals surface area contributed by atoms with Gasteiger partial charge in [-0.05, 0) is 66.7 Å². The summed E-state index contributed by atoms with van der Waals surface area (Å²) in [6, 6.07) is 7.09. The summed E-state index contributed by atoms with van der Waals surface area (Å²) in [6.07, 6.45) is 7.23. The number of hydrogen-bond acceptors (Lipinski definition) is 4. The zero-order valence-corrected chi connectivity index (χ0v) is 13.5. The molecular weight excluding hydrogens is 280 g/mol. The van der Waals surface area contributed by atoms with Gasteiger partial charge in [0.25, 0.3) is 0 Å². The number of rotatable bonds is 6. The molecule has 0 saturated carbocycles. The molecule has 2 heterocycles. The lowest BCUT2D eigenvalue weighted by atomic mass is 9.91. The van der Waals surface area contributed by atoms with E-state index in [1.165, 1.54) is 41.9 Å². The van der Waals surface area contributed by atoms with E-state index in [0.717, 1.165) is 37.5 Å². The van der Waals surface area contributed by atoms with Crippen molar-refractivity contribution in [3.05, 3.63) is 29.3 Å². The first-order valence-corrected chi connectivity index (χ1v) is 9.29. The van der Waals surface area contributed by atoms with Crippen LogP contribution in [0.3, 0.4) is 0 Å². The Labute approximate surface area is 132 Å². The second kappa shape index (κ2) is 7.52. The number of hydrogen-bond donors (Lipinski definition) is 2. The summed E-state index contributed by atoms with van der Waals surface area (Å²) in [5.74, 6) is 10.4. The second-order valence-corrected chi connectivity index (χ2v) is 7.46. The molecule has 3 nitrogen and oxygen atoms in total. The van der Waals surface area contributed by atoms with Crippen LogP contribution in [0.4, 0.5) is 0 Å². The van der Waals surface area contributed by atoms with Crippen molar-refractivity contribution < 1.29 is 4.74 Å². The Morgan fingerprint density at radius 1 is 1.33 bits per heavy atom. The van der Waals surface area contributed by atoms with Crippen molar-refractivity contribution in [2.75, 3.05) is 18.1 Å². The Morgan fingerprint density at radius 2 is 2.19 bits per heavy atom. The third-order valence-electron chi connectivity index (χ3n) is 4.73. The van der Waals surface area contributed by atoms with E-state index in [9.17, 15) is 0 Å². The first-order chi connectivity index (χ1) is 10.3. The van der Waals surface area contributed by atoms with E-state index >= 15 is 0 Å². The zero-order valence-electron chi connectivity index (χ0n) is 12.6. The van der Waals surface area contributed by atoms with Crippen molar-refractivity contribution in [1.82, 2.24) is 5.43 Å². The lowest BCUT2D eigenvalue weighted by molar-refractivity contribution is 0.354. The SMILES string of the molecule is NNC(CCc1ccc2c(c1)CCO2)CC1CCSCC1. The second-order valence-electron chi connectivity index (χ2n) is 6.23. The molecule has 4 heteroatoms. The van der Waals surface area contributed by atoms with Gasteiger partial charge in [-0.15, -0.1) is 0 Å². The molecular formula is C17H26N2OS. The van der Waals surface area contributed by atoms with Crippen LogP contribution in [-0.4, -0.2) is 24.2 Å². The molecule has 0 aromatic heterocycles. The van der Waals surface area contributed by atoms with Crippen LogP contribution in [0.5, 0.6) is 5.75 Å². The van der Waals surface area contributed by atoms with E-state index < -0.39 is 0 Å². The highest BCUT2D eigenvalue weighted by molar-refractivity contribution is 7.99. The molecule has 21 heavy (non-hydrogen) atoms. The van der Waals surface area contributed by atoms with E-state index in [1.54, 1.807) is 0 Å². The molecule has 1 aromatic carbocycles. The molecule has 2 aliphatic rings. The average molecular weight is 306 g/mol. The number of ether oxygens (including phenoxy) is 1. The van der Waals surface area contributed by atoms with Crippen LogP contribution in [0, 0.1) is 5.92 Å². The van der Waals surface area contributed by atoms with Crippen molar-refractivity contribution >= 4 is 11.8 Å². The van der Waals surface area contributed by atoms with E-state index in [2.05, 4.69) is 35.4 Å². The van der Waals surface area contributed by atoms with E-state index in [0.29, 0.717) is 6.04 Å². The fourth-order valence-electron chi connectivity index (χ4n) is 3.39. The lowest BCUT2D eigenvalue weighted by Crippen LogP contribution is -2.37.